The molecule has 0 aliphatic carbocycles. The van der Waals surface area contributed by atoms with Gasteiger partial charge in [0.2, 0.25) is 5.91 Å². The lowest BCUT2D eigenvalue weighted by Crippen LogP contribution is -2.32. The van der Waals surface area contributed by atoms with E-state index in [9.17, 15) is 4.79 Å². The molecule has 1 amide bonds. The number of nitrogens with zero attached hydrogens (tertiary/aromatic N) is 1. The monoisotopic (exact) mass is 178 g/mol. The normalized spacial score (nSPS) is 28.8. The van der Waals surface area contributed by atoms with Gasteiger partial charge in [-0.15, -0.1) is 0 Å². The van der Waals surface area contributed by atoms with E-state index < -0.39 is 0 Å². The number of carbonyl (C=O) groups is 1. The summed E-state index contributed by atoms with van der Waals surface area (Å²) in [5.74, 6) is 0.415. The molecule has 1 unspecified atom stereocenters. The fraction of sp³-hybridized carbons (Fsp3) is 0.600. The van der Waals surface area contributed by atoms with Gasteiger partial charge >= 0.3 is 0 Å². The lowest BCUT2D eigenvalue weighted by Gasteiger charge is -2.21. The number of amides is 1. The highest BCUT2D eigenvalue weighted by atomic mass is 16.1. The van der Waals surface area contributed by atoms with E-state index in [1.165, 1.54) is 0 Å². The van der Waals surface area contributed by atoms with Gasteiger partial charge in [0.15, 0.2) is 0 Å². The first kappa shape index (κ1) is 8.63. The Kier molecular flexibility index (Phi) is 2.54. The van der Waals surface area contributed by atoms with Crippen molar-refractivity contribution in [1.82, 2.24) is 5.32 Å². The molecule has 1 N–H and O–H groups in total. The third-order valence-electron chi connectivity index (χ3n) is 2.51. The molecule has 0 aromatic carbocycles. The van der Waals surface area contributed by atoms with Crippen LogP contribution in [0.3, 0.4) is 0 Å². The van der Waals surface area contributed by atoms with Crippen molar-refractivity contribution in [1.29, 1.82) is 0 Å². The molecule has 1 atom stereocenters. The Labute approximate surface area is 77.9 Å². The highest BCUT2D eigenvalue weighted by molar-refractivity contribution is 6.00. The van der Waals surface area contributed by atoms with Crippen molar-refractivity contribution < 1.29 is 4.79 Å². The second kappa shape index (κ2) is 3.83. The number of nitrogens with one attached hydrogen (secondary N) is 1. The summed E-state index contributed by atoms with van der Waals surface area (Å²) in [6.45, 7) is 1.88. The third kappa shape index (κ3) is 2.04. The molecular weight excluding hydrogens is 164 g/mol. The Morgan fingerprint density at radius 1 is 1.46 bits per heavy atom. The molecule has 3 nitrogen and oxygen atoms in total. The van der Waals surface area contributed by atoms with Gasteiger partial charge in [-0.2, -0.15) is 0 Å². The Morgan fingerprint density at radius 3 is 3.08 bits per heavy atom. The van der Waals surface area contributed by atoms with Crippen molar-refractivity contribution >= 4 is 11.6 Å². The Morgan fingerprint density at radius 2 is 2.38 bits per heavy atom. The maximum Gasteiger partial charge on any atom is 0.245 e. The summed E-state index contributed by atoms with van der Waals surface area (Å²) in [6, 6.07) is 0. The predicted octanol–water partition coefficient (Wildman–Crippen LogP) is 0.913. The highest BCUT2D eigenvalue weighted by Crippen LogP contribution is 2.15. The Bertz CT molecular complexity index is 268. The first-order valence-electron chi connectivity index (χ1n) is 4.84. The fourth-order valence-corrected chi connectivity index (χ4v) is 1.81. The van der Waals surface area contributed by atoms with Gasteiger partial charge in [-0.25, -0.2) is 4.99 Å². The van der Waals surface area contributed by atoms with Crippen molar-refractivity contribution in [2.45, 2.75) is 19.3 Å². The SMILES string of the molecule is O=C1CCCC(C2C=CCNC2)=N1. The lowest BCUT2D eigenvalue weighted by atomic mass is 9.94. The van der Waals surface area contributed by atoms with Gasteiger partial charge in [-0.1, -0.05) is 12.2 Å². The van der Waals surface area contributed by atoms with Gasteiger partial charge in [-0.05, 0) is 12.8 Å². The molecule has 3 heteroatoms. The van der Waals surface area contributed by atoms with Gasteiger partial charge in [-0.3, -0.25) is 4.79 Å². The molecule has 0 fully saturated rings. The summed E-state index contributed by atoms with van der Waals surface area (Å²) < 4.78 is 0. The predicted molar refractivity (Wildman–Crippen MR) is 51.8 cm³/mol. The van der Waals surface area contributed by atoms with Crippen LogP contribution in [0.5, 0.6) is 0 Å². The zero-order valence-electron chi connectivity index (χ0n) is 7.62. The average Bonchev–Trinajstić information content (AvgIpc) is 2.19. The van der Waals surface area contributed by atoms with Crippen LogP contribution in [0.2, 0.25) is 0 Å². The third-order valence-corrected chi connectivity index (χ3v) is 2.51. The second-order valence-electron chi connectivity index (χ2n) is 3.54. The second-order valence-corrected chi connectivity index (χ2v) is 3.54. The van der Waals surface area contributed by atoms with Crippen molar-refractivity contribution in [3.05, 3.63) is 12.2 Å². The minimum atomic E-state index is 0.0558. The molecule has 13 heavy (non-hydrogen) atoms. The van der Waals surface area contributed by atoms with Gasteiger partial charge in [0.1, 0.15) is 0 Å². The molecule has 0 aromatic rings. The molecule has 0 bridgehead atoms. The van der Waals surface area contributed by atoms with E-state index in [-0.39, 0.29) is 5.91 Å². The van der Waals surface area contributed by atoms with Gasteiger partial charge < -0.3 is 5.32 Å². The van der Waals surface area contributed by atoms with E-state index in [0.717, 1.165) is 31.6 Å². The molecule has 0 aromatic heterocycles. The van der Waals surface area contributed by atoms with Crippen molar-refractivity contribution in [3.8, 4) is 0 Å². The van der Waals surface area contributed by atoms with Crippen LogP contribution < -0.4 is 5.32 Å². The molecular formula is C10H14N2O. The largest absolute Gasteiger partial charge is 0.312 e. The molecule has 0 saturated heterocycles. The van der Waals surface area contributed by atoms with Crippen LogP contribution in [0.1, 0.15) is 19.3 Å². The molecule has 2 rings (SSSR count). The van der Waals surface area contributed by atoms with E-state index in [0.29, 0.717) is 12.3 Å². The molecule has 0 saturated carbocycles. The highest BCUT2D eigenvalue weighted by Gasteiger charge is 2.19. The molecule has 0 radical (unpaired) electrons. The van der Waals surface area contributed by atoms with Crippen LogP contribution >= 0.6 is 0 Å². The summed E-state index contributed by atoms with van der Waals surface area (Å²) in [5.41, 5.74) is 1.07. The van der Waals surface area contributed by atoms with E-state index >= 15 is 0 Å². The lowest BCUT2D eigenvalue weighted by molar-refractivity contribution is -0.118. The van der Waals surface area contributed by atoms with Crippen LogP contribution in [-0.2, 0) is 4.79 Å². The van der Waals surface area contributed by atoms with Crippen LogP contribution in [0.25, 0.3) is 0 Å². The zero-order chi connectivity index (χ0) is 9.10. The minimum absolute atomic E-state index is 0.0558. The number of carbonyl (C=O) groups excluding carboxylic acids is 1. The van der Waals surface area contributed by atoms with Gasteiger partial charge in [0, 0.05) is 31.1 Å². The maximum absolute atomic E-state index is 11.1. The summed E-state index contributed by atoms with van der Waals surface area (Å²) in [4.78, 5) is 15.2. The maximum atomic E-state index is 11.1. The summed E-state index contributed by atoms with van der Waals surface area (Å²) >= 11 is 0. The Balaban J connectivity index is 2.10. The number of rotatable bonds is 1. The van der Waals surface area contributed by atoms with Gasteiger partial charge in [0.25, 0.3) is 0 Å². The van der Waals surface area contributed by atoms with E-state index in [2.05, 4.69) is 22.5 Å². The molecule has 70 valence electrons. The van der Waals surface area contributed by atoms with Gasteiger partial charge in [0.05, 0.1) is 0 Å². The molecule has 2 aliphatic heterocycles. The molecule has 0 spiro atoms. The van der Waals surface area contributed by atoms with Crippen LogP contribution in [0.15, 0.2) is 17.1 Å². The smallest absolute Gasteiger partial charge is 0.245 e. The standard InChI is InChI=1S/C10H14N2O/c13-10-5-1-4-9(12-10)8-3-2-6-11-7-8/h2-3,8,11H,1,4-7H2. The van der Waals surface area contributed by atoms with Crippen molar-refractivity contribution in [2.75, 3.05) is 13.1 Å². The molecule has 2 aliphatic rings. The number of hydrogen-bond acceptors (Lipinski definition) is 2. The minimum Gasteiger partial charge on any atom is -0.312 e. The summed E-state index contributed by atoms with van der Waals surface area (Å²) in [5, 5.41) is 3.27. The summed E-state index contributed by atoms with van der Waals surface area (Å²) in [7, 11) is 0. The van der Waals surface area contributed by atoms with Crippen LogP contribution in [0, 0.1) is 5.92 Å². The van der Waals surface area contributed by atoms with E-state index in [1.807, 2.05) is 0 Å². The van der Waals surface area contributed by atoms with E-state index in [4.69, 9.17) is 0 Å². The van der Waals surface area contributed by atoms with Crippen LogP contribution in [-0.4, -0.2) is 24.7 Å². The first-order chi connectivity index (χ1) is 6.36. The molecule has 2 heterocycles. The van der Waals surface area contributed by atoms with E-state index in [1.54, 1.807) is 0 Å². The van der Waals surface area contributed by atoms with Crippen molar-refractivity contribution in [3.63, 3.8) is 0 Å². The Hall–Kier alpha value is -0.960. The zero-order valence-corrected chi connectivity index (χ0v) is 7.62. The van der Waals surface area contributed by atoms with Crippen molar-refractivity contribution in [2.24, 2.45) is 10.9 Å². The van der Waals surface area contributed by atoms with Crippen LogP contribution in [0.4, 0.5) is 0 Å². The first-order valence-corrected chi connectivity index (χ1v) is 4.84. The summed E-state index contributed by atoms with van der Waals surface area (Å²) in [6.07, 6.45) is 6.86. The number of aliphatic imine (C=N–C) groups is 1. The number of hydrogen-bond donors (Lipinski definition) is 1. The average molecular weight is 178 g/mol. The fourth-order valence-electron chi connectivity index (χ4n) is 1.81. The quantitative estimate of drug-likeness (QED) is 0.606. The topological polar surface area (TPSA) is 41.5 Å².